The van der Waals surface area contributed by atoms with Gasteiger partial charge in [-0.15, -0.1) is 22.7 Å². The minimum atomic E-state index is -0.297. The van der Waals surface area contributed by atoms with Crippen LogP contribution in [-0.4, -0.2) is 5.78 Å². The summed E-state index contributed by atoms with van der Waals surface area (Å²) in [6.45, 7) is 0. The first-order valence-corrected chi connectivity index (χ1v) is 8.12. The van der Waals surface area contributed by atoms with Crippen molar-refractivity contribution in [2.45, 2.75) is 0 Å². The largest absolute Gasteiger partial charge is 0.288 e. The fourth-order valence-corrected chi connectivity index (χ4v) is 4.53. The Morgan fingerprint density at radius 1 is 0.952 bits per heavy atom. The van der Waals surface area contributed by atoms with Gasteiger partial charge in [0.15, 0.2) is 0 Å². The standard InChI is InChI=1S/C17H9FOS2/c18-13-6-5-12(10-3-1-2-4-11(10)13)17(19)16-9-15-14(21-16)7-8-20-15/h1-9H. The van der Waals surface area contributed by atoms with Crippen molar-refractivity contribution in [1.29, 1.82) is 0 Å². The lowest BCUT2D eigenvalue weighted by Gasteiger charge is -2.05. The molecule has 0 N–H and O–H groups in total. The number of benzene rings is 2. The number of thiophene rings is 2. The first kappa shape index (κ1) is 12.7. The van der Waals surface area contributed by atoms with Gasteiger partial charge in [0, 0.05) is 20.3 Å². The molecule has 0 aliphatic rings. The average molecular weight is 312 g/mol. The van der Waals surface area contributed by atoms with E-state index in [0.717, 1.165) is 9.40 Å². The smallest absolute Gasteiger partial charge is 0.203 e. The van der Waals surface area contributed by atoms with Gasteiger partial charge >= 0.3 is 0 Å². The second kappa shape index (κ2) is 4.76. The molecule has 4 rings (SSSR count). The van der Waals surface area contributed by atoms with Gasteiger partial charge in [0.2, 0.25) is 5.78 Å². The number of halogens is 1. The SMILES string of the molecule is O=C(c1cc2sccc2s1)c1ccc(F)c2ccccc12. The monoisotopic (exact) mass is 312 g/mol. The topological polar surface area (TPSA) is 17.1 Å². The fraction of sp³-hybridized carbons (Fsp3) is 0. The first-order valence-electron chi connectivity index (χ1n) is 6.43. The van der Waals surface area contributed by atoms with E-state index in [-0.39, 0.29) is 11.6 Å². The molecule has 1 nitrogen and oxygen atoms in total. The van der Waals surface area contributed by atoms with E-state index < -0.39 is 0 Å². The Bertz CT molecular complexity index is 952. The van der Waals surface area contributed by atoms with Crippen LogP contribution in [0.25, 0.3) is 20.2 Å². The van der Waals surface area contributed by atoms with Gasteiger partial charge in [-0.2, -0.15) is 0 Å². The Hall–Kier alpha value is -2.04. The molecule has 0 spiro atoms. The molecule has 0 amide bonds. The van der Waals surface area contributed by atoms with Crippen LogP contribution in [-0.2, 0) is 0 Å². The summed E-state index contributed by atoms with van der Waals surface area (Å²) in [5.74, 6) is -0.339. The molecule has 0 saturated heterocycles. The molecule has 102 valence electrons. The van der Waals surface area contributed by atoms with Crippen LogP contribution < -0.4 is 0 Å². The van der Waals surface area contributed by atoms with Crippen LogP contribution in [0.1, 0.15) is 15.2 Å². The van der Waals surface area contributed by atoms with Gasteiger partial charge in [-0.3, -0.25) is 4.79 Å². The normalized spacial score (nSPS) is 11.3. The van der Waals surface area contributed by atoms with E-state index in [1.54, 1.807) is 35.6 Å². The van der Waals surface area contributed by atoms with E-state index in [1.165, 1.54) is 17.4 Å². The molecule has 0 radical (unpaired) electrons. The lowest BCUT2D eigenvalue weighted by Crippen LogP contribution is -2.00. The first-order chi connectivity index (χ1) is 10.2. The summed E-state index contributed by atoms with van der Waals surface area (Å²) < 4.78 is 16.1. The van der Waals surface area contributed by atoms with Gasteiger partial charge in [-0.1, -0.05) is 24.3 Å². The summed E-state index contributed by atoms with van der Waals surface area (Å²) in [6, 6.07) is 14.0. The molecule has 0 aliphatic carbocycles. The van der Waals surface area contributed by atoms with Crippen LogP contribution in [0, 0.1) is 5.82 Å². The highest BCUT2D eigenvalue weighted by atomic mass is 32.1. The Kier molecular flexibility index (Phi) is 2.87. The average Bonchev–Trinajstić information content (AvgIpc) is 3.08. The van der Waals surface area contributed by atoms with Gasteiger partial charge in [0.25, 0.3) is 0 Å². The molecular weight excluding hydrogens is 303 g/mol. The quantitative estimate of drug-likeness (QED) is 0.448. The summed E-state index contributed by atoms with van der Waals surface area (Å²) in [4.78, 5) is 13.4. The molecule has 21 heavy (non-hydrogen) atoms. The zero-order chi connectivity index (χ0) is 14.4. The number of hydrogen-bond donors (Lipinski definition) is 0. The molecule has 0 aliphatic heterocycles. The maximum absolute atomic E-state index is 13.8. The predicted octanol–water partition coefficient (Wildman–Crippen LogP) is 5.49. The second-order valence-electron chi connectivity index (χ2n) is 4.73. The minimum Gasteiger partial charge on any atom is -0.288 e. The Morgan fingerprint density at radius 2 is 1.76 bits per heavy atom. The van der Waals surface area contributed by atoms with Crippen LogP contribution in [0.15, 0.2) is 53.9 Å². The summed E-state index contributed by atoms with van der Waals surface area (Å²) in [6.07, 6.45) is 0. The van der Waals surface area contributed by atoms with Crippen molar-refractivity contribution in [3.63, 3.8) is 0 Å². The van der Waals surface area contributed by atoms with Gasteiger partial charge < -0.3 is 0 Å². The van der Waals surface area contributed by atoms with Crippen LogP contribution in [0.2, 0.25) is 0 Å². The molecule has 2 aromatic carbocycles. The van der Waals surface area contributed by atoms with Crippen molar-refractivity contribution in [2.24, 2.45) is 0 Å². The minimum absolute atomic E-state index is 0.0420. The maximum atomic E-state index is 13.8. The van der Waals surface area contributed by atoms with Crippen molar-refractivity contribution >= 4 is 48.6 Å². The number of rotatable bonds is 2. The molecule has 4 heteroatoms. The number of hydrogen-bond acceptors (Lipinski definition) is 3. The van der Waals surface area contributed by atoms with Crippen molar-refractivity contribution < 1.29 is 9.18 Å². The molecule has 0 fully saturated rings. The van der Waals surface area contributed by atoms with E-state index in [2.05, 4.69) is 0 Å². The zero-order valence-corrected chi connectivity index (χ0v) is 12.4. The third-order valence-corrected chi connectivity index (χ3v) is 5.57. The van der Waals surface area contributed by atoms with Crippen LogP contribution in [0.3, 0.4) is 0 Å². The molecule has 2 aromatic heterocycles. The second-order valence-corrected chi connectivity index (χ2v) is 6.76. The van der Waals surface area contributed by atoms with Gasteiger partial charge in [0.05, 0.1) is 4.88 Å². The van der Waals surface area contributed by atoms with E-state index in [1.807, 2.05) is 23.6 Å². The molecule has 0 atom stereocenters. The maximum Gasteiger partial charge on any atom is 0.203 e. The Labute approximate surface area is 128 Å². The van der Waals surface area contributed by atoms with Gasteiger partial charge in [-0.05, 0) is 35.0 Å². The lowest BCUT2D eigenvalue weighted by molar-refractivity contribution is 0.104. The highest BCUT2D eigenvalue weighted by molar-refractivity contribution is 7.28. The number of fused-ring (bicyclic) bond motifs is 2. The van der Waals surface area contributed by atoms with Crippen molar-refractivity contribution in [2.75, 3.05) is 0 Å². The van der Waals surface area contributed by atoms with E-state index in [4.69, 9.17) is 0 Å². The van der Waals surface area contributed by atoms with Gasteiger partial charge in [-0.25, -0.2) is 4.39 Å². The summed E-state index contributed by atoms with van der Waals surface area (Å²) in [5.41, 5.74) is 0.556. The summed E-state index contributed by atoms with van der Waals surface area (Å²) >= 11 is 3.11. The van der Waals surface area contributed by atoms with Crippen molar-refractivity contribution in [3.8, 4) is 0 Å². The lowest BCUT2D eigenvalue weighted by atomic mass is 10.0. The number of ketones is 1. The fourth-order valence-electron chi connectivity index (χ4n) is 2.47. The van der Waals surface area contributed by atoms with Gasteiger partial charge in [0.1, 0.15) is 5.82 Å². The van der Waals surface area contributed by atoms with E-state index in [0.29, 0.717) is 21.2 Å². The number of carbonyl (C=O) groups excluding carboxylic acids is 1. The third-order valence-electron chi connectivity index (χ3n) is 3.48. The third kappa shape index (κ3) is 1.99. The molecular formula is C17H9FOS2. The Morgan fingerprint density at radius 3 is 2.57 bits per heavy atom. The highest BCUT2D eigenvalue weighted by Crippen LogP contribution is 2.32. The molecule has 4 aromatic rings. The van der Waals surface area contributed by atoms with E-state index >= 15 is 0 Å². The highest BCUT2D eigenvalue weighted by Gasteiger charge is 2.17. The molecule has 0 saturated carbocycles. The predicted molar refractivity (Wildman–Crippen MR) is 87.0 cm³/mol. The van der Waals surface area contributed by atoms with Crippen molar-refractivity contribution in [1.82, 2.24) is 0 Å². The van der Waals surface area contributed by atoms with Crippen LogP contribution >= 0.6 is 22.7 Å². The van der Waals surface area contributed by atoms with Crippen LogP contribution in [0.5, 0.6) is 0 Å². The zero-order valence-electron chi connectivity index (χ0n) is 10.8. The molecule has 0 unspecified atom stereocenters. The molecule has 0 bridgehead atoms. The van der Waals surface area contributed by atoms with Crippen molar-refractivity contribution in [3.05, 3.63) is 70.2 Å². The van der Waals surface area contributed by atoms with E-state index in [9.17, 15) is 9.18 Å². The Balaban J connectivity index is 1.91. The number of carbonyl (C=O) groups is 1. The summed E-state index contributed by atoms with van der Waals surface area (Å²) in [5, 5.41) is 3.17. The van der Waals surface area contributed by atoms with Crippen LogP contribution in [0.4, 0.5) is 4.39 Å². The summed E-state index contributed by atoms with van der Waals surface area (Å²) in [7, 11) is 0. The molecule has 2 heterocycles.